The fourth-order valence-corrected chi connectivity index (χ4v) is 1.33. The second kappa shape index (κ2) is 4.34. The standard InChI is InChI=1S/C12H10N2O/c13-7-11-3-1-2-4-12(11)14-8-10-5-6-15-9-10/h1-6,9,14H,8H2. The zero-order valence-corrected chi connectivity index (χ0v) is 8.10. The van der Waals surface area contributed by atoms with Gasteiger partial charge in [0, 0.05) is 12.1 Å². The molecule has 0 saturated carbocycles. The van der Waals surface area contributed by atoms with Crippen LogP contribution in [0.5, 0.6) is 0 Å². The Bertz CT molecular complexity index is 469. The molecule has 1 aromatic heterocycles. The first-order valence-electron chi connectivity index (χ1n) is 4.64. The van der Waals surface area contributed by atoms with Crippen LogP contribution >= 0.6 is 0 Å². The number of nitrogens with zero attached hydrogens (tertiary/aromatic N) is 1. The Hall–Kier alpha value is -2.21. The summed E-state index contributed by atoms with van der Waals surface area (Å²) < 4.78 is 4.95. The summed E-state index contributed by atoms with van der Waals surface area (Å²) >= 11 is 0. The molecule has 0 aliphatic carbocycles. The van der Waals surface area contributed by atoms with Crippen LogP contribution in [-0.4, -0.2) is 0 Å². The van der Waals surface area contributed by atoms with E-state index in [2.05, 4.69) is 11.4 Å². The Morgan fingerprint density at radius 2 is 2.13 bits per heavy atom. The monoisotopic (exact) mass is 198 g/mol. The van der Waals surface area contributed by atoms with Gasteiger partial charge < -0.3 is 9.73 Å². The molecule has 0 fully saturated rings. The maximum absolute atomic E-state index is 8.87. The van der Waals surface area contributed by atoms with Crippen molar-refractivity contribution in [1.29, 1.82) is 5.26 Å². The van der Waals surface area contributed by atoms with Gasteiger partial charge in [0.2, 0.25) is 0 Å². The van der Waals surface area contributed by atoms with Crippen molar-refractivity contribution >= 4 is 5.69 Å². The first-order valence-corrected chi connectivity index (χ1v) is 4.64. The van der Waals surface area contributed by atoms with Crippen LogP contribution in [0.1, 0.15) is 11.1 Å². The molecule has 74 valence electrons. The molecule has 0 spiro atoms. The zero-order chi connectivity index (χ0) is 10.5. The van der Waals surface area contributed by atoms with Crippen LogP contribution in [0.25, 0.3) is 0 Å². The smallest absolute Gasteiger partial charge is 0.101 e. The van der Waals surface area contributed by atoms with Gasteiger partial charge in [-0.2, -0.15) is 5.26 Å². The number of hydrogen-bond acceptors (Lipinski definition) is 3. The van der Waals surface area contributed by atoms with E-state index in [0.29, 0.717) is 12.1 Å². The number of benzene rings is 1. The lowest BCUT2D eigenvalue weighted by Crippen LogP contribution is -1.99. The summed E-state index contributed by atoms with van der Waals surface area (Å²) in [5.74, 6) is 0. The second-order valence-corrected chi connectivity index (χ2v) is 3.14. The van der Waals surface area contributed by atoms with Crippen LogP contribution in [0.15, 0.2) is 47.3 Å². The molecule has 0 aliphatic heterocycles. The molecule has 3 heteroatoms. The molecule has 0 bridgehead atoms. The Kier molecular flexibility index (Phi) is 2.70. The average molecular weight is 198 g/mol. The van der Waals surface area contributed by atoms with Gasteiger partial charge in [-0.3, -0.25) is 0 Å². The van der Waals surface area contributed by atoms with Gasteiger partial charge in [0.1, 0.15) is 6.07 Å². The SMILES string of the molecule is N#Cc1ccccc1NCc1ccoc1. The highest BCUT2D eigenvalue weighted by molar-refractivity contribution is 5.57. The fraction of sp³-hybridized carbons (Fsp3) is 0.0833. The zero-order valence-electron chi connectivity index (χ0n) is 8.10. The molecule has 1 aromatic carbocycles. The van der Waals surface area contributed by atoms with Gasteiger partial charge in [-0.25, -0.2) is 0 Å². The van der Waals surface area contributed by atoms with Crippen molar-refractivity contribution in [2.24, 2.45) is 0 Å². The van der Waals surface area contributed by atoms with Crippen LogP contribution in [-0.2, 0) is 6.54 Å². The average Bonchev–Trinajstić information content (AvgIpc) is 2.79. The summed E-state index contributed by atoms with van der Waals surface area (Å²) in [5.41, 5.74) is 2.56. The largest absolute Gasteiger partial charge is 0.472 e. The van der Waals surface area contributed by atoms with Crippen molar-refractivity contribution in [3.63, 3.8) is 0 Å². The summed E-state index contributed by atoms with van der Waals surface area (Å²) in [6, 6.07) is 11.5. The molecule has 2 aromatic rings. The maximum atomic E-state index is 8.87. The minimum Gasteiger partial charge on any atom is -0.472 e. The number of nitriles is 1. The summed E-state index contributed by atoms with van der Waals surface area (Å²) in [6.07, 6.45) is 3.31. The van der Waals surface area contributed by atoms with Crippen LogP contribution in [0.4, 0.5) is 5.69 Å². The third kappa shape index (κ3) is 2.18. The number of rotatable bonds is 3. The van der Waals surface area contributed by atoms with E-state index in [0.717, 1.165) is 11.3 Å². The first-order chi connectivity index (χ1) is 7.40. The van der Waals surface area contributed by atoms with Crippen molar-refractivity contribution in [1.82, 2.24) is 0 Å². The lowest BCUT2D eigenvalue weighted by molar-refractivity contribution is 0.564. The van der Waals surface area contributed by atoms with Gasteiger partial charge in [-0.05, 0) is 18.2 Å². The van der Waals surface area contributed by atoms with Gasteiger partial charge in [0.15, 0.2) is 0 Å². The molecule has 0 atom stereocenters. The molecule has 1 heterocycles. The minimum atomic E-state index is 0.654. The number of anilines is 1. The molecule has 3 nitrogen and oxygen atoms in total. The molecule has 0 saturated heterocycles. The Morgan fingerprint density at radius 1 is 1.27 bits per heavy atom. The molecule has 0 unspecified atom stereocenters. The Labute approximate surface area is 88.0 Å². The van der Waals surface area contributed by atoms with E-state index in [1.165, 1.54) is 0 Å². The summed E-state index contributed by atoms with van der Waals surface area (Å²) in [6.45, 7) is 0.662. The van der Waals surface area contributed by atoms with E-state index in [9.17, 15) is 0 Å². The number of para-hydroxylation sites is 1. The van der Waals surface area contributed by atoms with E-state index < -0.39 is 0 Å². The predicted octanol–water partition coefficient (Wildman–Crippen LogP) is 2.76. The maximum Gasteiger partial charge on any atom is 0.101 e. The second-order valence-electron chi connectivity index (χ2n) is 3.14. The predicted molar refractivity (Wildman–Crippen MR) is 57.2 cm³/mol. The van der Waals surface area contributed by atoms with Crippen molar-refractivity contribution in [3.8, 4) is 6.07 Å². The molecule has 2 rings (SSSR count). The summed E-state index contributed by atoms with van der Waals surface area (Å²) in [5, 5.41) is 12.1. The first kappa shape index (κ1) is 9.35. The van der Waals surface area contributed by atoms with Crippen molar-refractivity contribution in [2.75, 3.05) is 5.32 Å². The summed E-state index contributed by atoms with van der Waals surface area (Å²) in [4.78, 5) is 0. The van der Waals surface area contributed by atoms with Gasteiger partial charge in [-0.1, -0.05) is 12.1 Å². The van der Waals surface area contributed by atoms with Gasteiger partial charge in [0.25, 0.3) is 0 Å². The van der Waals surface area contributed by atoms with Gasteiger partial charge in [0.05, 0.1) is 23.8 Å². The molecule has 1 N–H and O–H groups in total. The van der Waals surface area contributed by atoms with E-state index in [4.69, 9.17) is 9.68 Å². The molecule has 0 amide bonds. The highest BCUT2D eigenvalue weighted by Gasteiger charge is 2.00. The molecule has 0 aliphatic rings. The van der Waals surface area contributed by atoms with E-state index in [1.807, 2.05) is 24.3 Å². The Balaban J connectivity index is 2.08. The molecular formula is C12H10N2O. The Morgan fingerprint density at radius 3 is 2.87 bits per heavy atom. The molecule has 0 radical (unpaired) electrons. The molecule has 15 heavy (non-hydrogen) atoms. The quantitative estimate of drug-likeness (QED) is 0.824. The number of nitrogens with one attached hydrogen (secondary N) is 1. The highest BCUT2D eigenvalue weighted by Crippen LogP contribution is 2.14. The van der Waals surface area contributed by atoms with Crippen LogP contribution in [0.2, 0.25) is 0 Å². The lowest BCUT2D eigenvalue weighted by Gasteiger charge is -2.05. The van der Waals surface area contributed by atoms with Crippen molar-refractivity contribution in [3.05, 3.63) is 54.0 Å². The van der Waals surface area contributed by atoms with Crippen LogP contribution in [0, 0.1) is 11.3 Å². The van der Waals surface area contributed by atoms with Crippen molar-refractivity contribution in [2.45, 2.75) is 6.54 Å². The third-order valence-corrected chi connectivity index (χ3v) is 2.11. The summed E-state index contributed by atoms with van der Waals surface area (Å²) in [7, 11) is 0. The molecular weight excluding hydrogens is 188 g/mol. The minimum absolute atomic E-state index is 0.654. The van der Waals surface area contributed by atoms with Gasteiger partial charge in [-0.15, -0.1) is 0 Å². The van der Waals surface area contributed by atoms with Crippen molar-refractivity contribution < 1.29 is 4.42 Å². The fourth-order valence-electron chi connectivity index (χ4n) is 1.33. The topological polar surface area (TPSA) is 49.0 Å². The number of hydrogen-bond donors (Lipinski definition) is 1. The third-order valence-electron chi connectivity index (χ3n) is 2.11. The van der Waals surface area contributed by atoms with Crippen LogP contribution < -0.4 is 5.32 Å². The van der Waals surface area contributed by atoms with Crippen LogP contribution in [0.3, 0.4) is 0 Å². The normalized spacial score (nSPS) is 9.53. The highest BCUT2D eigenvalue weighted by atomic mass is 16.3. The van der Waals surface area contributed by atoms with E-state index in [1.54, 1.807) is 18.6 Å². The van der Waals surface area contributed by atoms with E-state index in [-0.39, 0.29) is 0 Å². The number of furan rings is 1. The van der Waals surface area contributed by atoms with E-state index >= 15 is 0 Å². The van der Waals surface area contributed by atoms with Gasteiger partial charge >= 0.3 is 0 Å². The lowest BCUT2D eigenvalue weighted by atomic mass is 10.2.